The Kier molecular flexibility index (Phi) is 5.00. The third-order valence-electron chi connectivity index (χ3n) is 4.45. The lowest BCUT2D eigenvalue weighted by Crippen LogP contribution is -2.46. The van der Waals surface area contributed by atoms with E-state index in [2.05, 4.69) is 6.07 Å². The number of carbonyl (C=O) groups excluding carboxylic acids is 1. The van der Waals surface area contributed by atoms with Crippen molar-refractivity contribution in [1.82, 2.24) is 0 Å². The molecule has 0 radical (unpaired) electrons. The van der Waals surface area contributed by atoms with Gasteiger partial charge in [0.05, 0.1) is 0 Å². The highest BCUT2D eigenvalue weighted by molar-refractivity contribution is 7.13. The van der Waals surface area contributed by atoms with Crippen molar-refractivity contribution in [3.63, 3.8) is 0 Å². The van der Waals surface area contributed by atoms with Gasteiger partial charge in [0.15, 0.2) is 17.3 Å². The average molecular weight is 394 g/mol. The van der Waals surface area contributed by atoms with Gasteiger partial charge in [-0.05, 0) is 46.8 Å². The maximum Gasteiger partial charge on any atom is 0.297 e. The number of ether oxygens (including phenoxy) is 2. The number of ketones is 1. The van der Waals surface area contributed by atoms with Crippen LogP contribution in [0, 0.1) is 0 Å². The molecule has 5 nitrogen and oxygen atoms in total. The van der Waals surface area contributed by atoms with Crippen molar-refractivity contribution in [2.24, 2.45) is 0 Å². The van der Waals surface area contributed by atoms with Crippen LogP contribution in [0.1, 0.15) is 15.9 Å². The number of hydrogen-bond donors (Lipinski definition) is 2. The number of benzene rings is 2. The topological polar surface area (TPSA) is 76.0 Å². The van der Waals surface area contributed by atoms with Gasteiger partial charge in [-0.15, -0.1) is 11.3 Å². The second-order valence-corrected chi connectivity index (χ2v) is 7.34. The highest BCUT2D eigenvalue weighted by Gasteiger charge is 2.40. The van der Waals surface area contributed by atoms with E-state index in [1.54, 1.807) is 35.6 Å². The van der Waals surface area contributed by atoms with E-state index in [9.17, 15) is 15.0 Å². The van der Waals surface area contributed by atoms with Crippen LogP contribution in [0.4, 0.5) is 0 Å². The van der Waals surface area contributed by atoms with Crippen molar-refractivity contribution in [2.75, 3.05) is 13.2 Å². The Hall–Kier alpha value is -2.93. The summed E-state index contributed by atoms with van der Waals surface area (Å²) >= 11 is 1.68. The third kappa shape index (κ3) is 3.57. The Morgan fingerprint density at radius 1 is 1.00 bits per heavy atom. The number of fused-ring (bicyclic) bond motifs is 1. The molecule has 0 amide bonds. The van der Waals surface area contributed by atoms with Crippen LogP contribution in [-0.4, -0.2) is 35.0 Å². The number of carbonyl (C=O) groups is 1. The molecular weight excluding hydrogens is 376 g/mol. The van der Waals surface area contributed by atoms with Crippen molar-refractivity contribution in [1.29, 1.82) is 0 Å². The predicted octanol–water partition coefficient (Wildman–Crippen LogP) is 3.76. The maximum absolute atomic E-state index is 12.5. The van der Waals surface area contributed by atoms with Gasteiger partial charge >= 0.3 is 0 Å². The van der Waals surface area contributed by atoms with Gasteiger partial charge in [-0.3, -0.25) is 4.79 Å². The van der Waals surface area contributed by atoms with Crippen LogP contribution in [-0.2, 0) is 0 Å². The summed E-state index contributed by atoms with van der Waals surface area (Å²) in [7, 11) is 0. The fraction of sp³-hybridized carbons (Fsp3) is 0.136. The van der Waals surface area contributed by atoms with Crippen LogP contribution in [0.15, 0.2) is 66.1 Å². The van der Waals surface area contributed by atoms with Gasteiger partial charge in [-0.2, -0.15) is 0 Å². The Balaban J connectivity index is 1.47. The van der Waals surface area contributed by atoms with Crippen molar-refractivity contribution < 1.29 is 24.5 Å². The molecule has 0 unspecified atom stereocenters. The zero-order valence-corrected chi connectivity index (χ0v) is 15.7. The summed E-state index contributed by atoms with van der Waals surface area (Å²) in [5, 5.41) is 20.8. The normalized spacial score (nSPS) is 14.5. The highest BCUT2D eigenvalue weighted by atomic mass is 32.1. The van der Waals surface area contributed by atoms with E-state index in [1.807, 2.05) is 35.7 Å². The first kappa shape index (κ1) is 18.4. The van der Waals surface area contributed by atoms with Gasteiger partial charge in [-0.1, -0.05) is 36.4 Å². The molecular formula is C22H18O5S. The molecule has 0 saturated heterocycles. The van der Waals surface area contributed by atoms with E-state index in [1.165, 1.54) is 11.0 Å². The molecule has 1 aliphatic heterocycles. The number of rotatable bonds is 6. The monoisotopic (exact) mass is 394 g/mol. The molecule has 0 atom stereocenters. The minimum Gasteiger partial charge on any atom is -0.444 e. The van der Waals surface area contributed by atoms with E-state index >= 15 is 0 Å². The number of aliphatic hydroxyl groups is 2. The summed E-state index contributed by atoms with van der Waals surface area (Å²) in [6.45, 7) is -0.994. The van der Waals surface area contributed by atoms with Crippen LogP contribution >= 0.6 is 11.3 Å². The maximum atomic E-state index is 12.5. The molecule has 0 fully saturated rings. The molecule has 1 aromatic heterocycles. The second-order valence-electron chi connectivity index (χ2n) is 6.39. The van der Waals surface area contributed by atoms with Gasteiger partial charge in [0, 0.05) is 10.4 Å². The van der Waals surface area contributed by atoms with Crippen LogP contribution in [0.5, 0.6) is 11.5 Å². The van der Waals surface area contributed by atoms with E-state index in [-0.39, 0.29) is 5.78 Å². The number of aliphatic hydroxyl groups excluding tert-OH is 2. The first-order valence-corrected chi connectivity index (χ1v) is 9.61. The Morgan fingerprint density at radius 2 is 1.75 bits per heavy atom. The molecule has 28 heavy (non-hydrogen) atoms. The summed E-state index contributed by atoms with van der Waals surface area (Å²) < 4.78 is 10.9. The Bertz CT molecular complexity index is 1000. The van der Waals surface area contributed by atoms with Crippen molar-refractivity contribution in [3.05, 3.63) is 77.2 Å². The average Bonchev–Trinajstić information content (AvgIpc) is 3.40. The molecule has 2 N–H and O–H groups in total. The van der Waals surface area contributed by atoms with Crippen LogP contribution < -0.4 is 9.47 Å². The van der Waals surface area contributed by atoms with E-state index in [0.717, 1.165) is 11.1 Å². The lowest BCUT2D eigenvalue weighted by Gasteiger charge is -2.22. The van der Waals surface area contributed by atoms with Gasteiger partial charge < -0.3 is 19.7 Å². The number of thiophene rings is 1. The molecule has 0 saturated carbocycles. The van der Waals surface area contributed by atoms with Gasteiger partial charge in [0.2, 0.25) is 0 Å². The van der Waals surface area contributed by atoms with Gasteiger partial charge in [0.25, 0.3) is 5.79 Å². The van der Waals surface area contributed by atoms with Crippen LogP contribution in [0.2, 0.25) is 0 Å². The van der Waals surface area contributed by atoms with E-state index < -0.39 is 19.0 Å². The summed E-state index contributed by atoms with van der Waals surface area (Å²) in [6, 6.07) is 16.8. The molecule has 2 aromatic carbocycles. The molecule has 0 aliphatic carbocycles. The summed E-state index contributed by atoms with van der Waals surface area (Å²) in [4.78, 5) is 13.7. The SMILES string of the molecule is O=C(/C=C/c1ccc(-c2cccs2)cc1)c1ccc2c(c1)OC(CO)(CO)O2. The smallest absolute Gasteiger partial charge is 0.297 e. The van der Waals surface area contributed by atoms with E-state index in [0.29, 0.717) is 17.1 Å². The molecule has 4 rings (SSSR count). The number of hydrogen-bond acceptors (Lipinski definition) is 6. The molecule has 2 heterocycles. The first-order valence-electron chi connectivity index (χ1n) is 8.73. The lowest BCUT2D eigenvalue weighted by molar-refractivity contribution is -0.143. The molecule has 0 bridgehead atoms. The van der Waals surface area contributed by atoms with Crippen molar-refractivity contribution >= 4 is 23.2 Å². The fourth-order valence-electron chi connectivity index (χ4n) is 2.90. The molecule has 3 aromatic rings. The summed E-state index contributed by atoms with van der Waals surface area (Å²) in [5.74, 6) is -0.973. The first-order chi connectivity index (χ1) is 13.6. The zero-order chi connectivity index (χ0) is 19.6. The molecule has 142 valence electrons. The van der Waals surface area contributed by atoms with Crippen LogP contribution in [0.3, 0.4) is 0 Å². The predicted molar refractivity (Wildman–Crippen MR) is 108 cm³/mol. The van der Waals surface area contributed by atoms with Crippen LogP contribution in [0.25, 0.3) is 16.5 Å². The van der Waals surface area contributed by atoms with E-state index in [4.69, 9.17) is 9.47 Å². The third-order valence-corrected chi connectivity index (χ3v) is 5.36. The second kappa shape index (κ2) is 7.59. The largest absolute Gasteiger partial charge is 0.444 e. The highest BCUT2D eigenvalue weighted by Crippen LogP contribution is 2.39. The zero-order valence-electron chi connectivity index (χ0n) is 14.9. The molecule has 6 heteroatoms. The minimum atomic E-state index is -1.50. The standard InChI is InChI=1S/C22H18O5S/c23-13-22(14-24)26-19-10-8-17(12-20(19)27-22)18(25)9-5-15-3-6-16(7-4-15)21-2-1-11-28-21/h1-12,23-24H,13-14H2/b9-5+. The summed E-state index contributed by atoms with van der Waals surface area (Å²) in [5.41, 5.74) is 2.50. The molecule has 1 aliphatic rings. The number of allylic oxidation sites excluding steroid dienone is 1. The lowest BCUT2D eigenvalue weighted by atomic mass is 10.1. The summed E-state index contributed by atoms with van der Waals surface area (Å²) in [6.07, 6.45) is 3.26. The van der Waals surface area contributed by atoms with Crippen molar-refractivity contribution in [2.45, 2.75) is 5.79 Å². The van der Waals surface area contributed by atoms with Gasteiger partial charge in [0.1, 0.15) is 13.2 Å². The quantitative estimate of drug-likeness (QED) is 0.492. The Morgan fingerprint density at radius 3 is 2.43 bits per heavy atom. The Labute approximate surface area is 166 Å². The van der Waals surface area contributed by atoms with Crippen molar-refractivity contribution in [3.8, 4) is 21.9 Å². The fourth-order valence-corrected chi connectivity index (χ4v) is 3.63. The van der Waals surface area contributed by atoms with Gasteiger partial charge in [-0.25, -0.2) is 0 Å². The minimum absolute atomic E-state index is 0.181. The molecule has 0 spiro atoms.